The van der Waals surface area contributed by atoms with Crippen molar-refractivity contribution in [3.05, 3.63) is 33.8 Å². The van der Waals surface area contributed by atoms with Crippen LogP contribution in [0.15, 0.2) is 18.2 Å². The first-order chi connectivity index (χ1) is 8.49. The number of hydrogen-bond acceptors (Lipinski definition) is 2. The van der Waals surface area contributed by atoms with Gasteiger partial charge < -0.3 is 10.2 Å². The monoisotopic (exact) mass is 286 g/mol. The second-order valence-corrected chi connectivity index (χ2v) is 5.59. The van der Waals surface area contributed by atoms with Gasteiger partial charge in [0.25, 0.3) is 5.91 Å². The van der Waals surface area contributed by atoms with E-state index < -0.39 is 0 Å². The number of hydrogen-bond donors (Lipinski definition) is 1. The number of benzene rings is 1. The molecule has 1 fully saturated rings. The average Bonchev–Trinajstić information content (AvgIpc) is 2.27. The molecule has 1 amide bonds. The summed E-state index contributed by atoms with van der Waals surface area (Å²) in [6.45, 7) is 5.46. The number of rotatable bonds is 1. The fraction of sp³-hybridized carbons (Fsp3) is 0.462. The van der Waals surface area contributed by atoms with E-state index in [0.29, 0.717) is 28.7 Å². The summed E-state index contributed by atoms with van der Waals surface area (Å²) >= 11 is 12.1. The number of carbonyl (C=O) groups is 1. The lowest BCUT2D eigenvalue weighted by atomic mass is 10.1. The molecule has 0 spiro atoms. The highest BCUT2D eigenvalue weighted by molar-refractivity contribution is 6.39. The summed E-state index contributed by atoms with van der Waals surface area (Å²) in [4.78, 5) is 14.3. The van der Waals surface area contributed by atoms with Gasteiger partial charge in [-0.15, -0.1) is 0 Å². The van der Waals surface area contributed by atoms with E-state index in [-0.39, 0.29) is 18.0 Å². The van der Waals surface area contributed by atoms with E-state index in [2.05, 4.69) is 19.2 Å². The molecule has 5 heteroatoms. The van der Waals surface area contributed by atoms with Crippen LogP contribution in [0, 0.1) is 0 Å². The minimum atomic E-state index is -0.0919. The Morgan fingerprint density at radius 1 is 1.22 bits per heavy atom. The summed E-state index contributed by atoms with van der Waals surface area (Å²) in [5.41, 5.74) is 0.405. The Hall–Kier alpha value is -0.770. The normalized spacial score (nSPS) is 24.1. The topological polar surface area (TPSA) is 32.3 Å². The maximum absolute atomic E-state index is 12.5. The Balaban J connectivity index is 2.26. The van der Waals surface area contributed by atoms with Crippen LogP contribution in [0.1, 0.15) is 24.2 Å². The molecule has 18 heavy (non-hydrogen) atoms. The van der Waals surface area contributed by atoms with E-state index in [1.807, 2.05) is 0 Å². The molecule has 1 N–H and O–H groups in total. The number of amides is 1. The van der Waals surface area contributed by atoms with E-state index in [0.717, 1.165) is 0 Å². The lowest BCUT2D eigenvalue weighted by Gasteiger charge is -2.36. The maximum atomic E-state index is 12.5. The Morgan fingerprint density at radius 2 is 1.72 bits per heavy atom. The SMILES string of the molecule is CC1CN(C(=O)c2c(Cl)cccc2Cl)CC(C)N1. The number of nitrogens with zero attached hydrogens (tertiary/aromatic N) is 1. The van der Waals surface area contributed by atoms with Crippen molar-refractivity contribution in [2.24, 2.45) is 0 Å². The van der Waals surface area contributed by atoms with Gasteiger partial charge in [0.15, 0.2) is 0 Å². The predicted octanol–water partition coefficient (Wildman–Crippen LogP) is 2.82. The van der Waals surface area contributed by atoms with Gasteiger partial charge in [0.1, 0.15) is 0 Å². The van der Waals surface area contributed by atoms with Crippen molar-refractivity contribution in [3.8, 4) is 0 Å². The molecule has 98 valence electrons. The molecule has 0 aliphatic carbocycles. The molecule has 0 bridgehead atoms. The van der Waals surface area contributed by atoms with Crippen LogP contribution >= 0.6 is 23.2 Å². The molecule has 0 saturated carbocycles. The zero-order valence-corrected chi connectivity index (χ0v) is 11.9. The lowest BCUT2D eigenvalue weighted by molar-refractivity contribution is 0.0674. The first-order valence-electron chi connectivity index (χ1n) is 5.98. The second-order valence-electron chi connectivity index (χ2n) is 4.78. The summed E-state index contributed by atoms with van der Waals surface area (Å²) in [5, 5.41) is 4.20. The van der Waals surface area contributed by atoms with Crippen molar-refractivity contribution in [2.45, 2.75) is 25.9 Å². The highest BCUT2D eigenvalue weighted by atomic mass is 35.5. The molecule has 0 aromatic heterocycles. The summed E-state index contributed by atoms with van der Waals surface area (Å²) in [5.74, 6) is -0.0919. The molecule has 3 nitrogen and oxygen atoms in total. The number of halogens is 2. The van der Waals surface area contributed by atoms with Gasteiger partial charge in [-0.3, -0.25) is 4.79 Å². The quantitative estimate of drug-likeness (QED) is 0.861. The van der Waals surface area contributed by atoms with Gasteiger partial charge in [0.2, 0.25) is 0 Å². The fourth-order valence-electron chi connectivity index (χ4n) is 2.35. The standard InChI is InChI=1S/C13H16Cl2N2O/c1-8-6-17(7-9(2)16-8)13(18)12-10(14)4-3-5-11(12)15/h3-5,8-9,16H,6-7H2,1-2H3. The minimum Gasteiger partial charge on any atom is -0.335 e. The molecule has 2 atom stereocenters. The summed E-state index contributed by atoms with van der Waals surface area (Å²) in [7, 11) is 0. The van der Waals surface area contributed by atoms with Gasteiger partial charge in [0.05, 0.1) is 15.6 Å². The van der Waals surface area contributed by atoms with Crippen molar-refractivity contribution in [3.63, 3.8) is 0 Å². The van der Waals surface area contributed by atoms with Crippen molar-refractivity contribution in [1.82, 2.24) is 10.2 Å². The summed E-state index contributed by atoms with van der Waals surface area (Å²) in [6, 6.07) is 5.67. The van der Waals surface area contributed by atoms with E-state index in [4.69, 9.17) is 23.2 Å². The highest BCUT2D eigenvalue weighted by Crippen LogP contribution is 2.26. The number of carbonyl (C=O) groups excluding carboxylic acids is 1. The molecule has 1 aliphatic rings. The molecule has 1 aromatic rings. The third-order valence-corrected chi connectivity index (χ3v) is 3.65. The van der Waals surface area contributed by atoms with Crippen LogP contribution in [0.5, 0.6) is 0 Å². The molecule has 2 rings (SSSR count). The van der Waals surface area contributed by atoms with Crippen LogP contribution in [0.3, 0.4) is 0 Å². The van der Waals surface area contributed by atoms with Crippen LogP contribution in [0.2, 0.25) is 10.0 Å². The molecular weight excluding hydrogens is 271 g/mol. The maximum Gasteiger partial charge on any atom is 0.256 e. The van der Waals surface area contributed by atoms with Crippen LogP contribution in [0.4, 0.5) is 0 Å². The molecule has 0 radical (unpaired) electrons. The fourth-order valence-corrected chi connectivity index (χ4v) is 2.91. The van der Waals surface area contributed by atoms with Gasteiger partial charge in [-0.2, -0.15) is 0 Å². The third-order valence-electron chi connectivity index (χ3n) is 3.02. The Morgan fingerprint density at radius 3 is 2.22 bits per heavy atom. The van der Waals surface area contributed by atoms with Gasteiger partial charge >= 0.3 is 0 Å². The van der Waals surface area contributed by atoms with Gasteiger partial charge in [-0.05, 0) is 26.0 Å². The van der Waals surface area contributed by atoms with Gasteiger partial charge in [-0.25, -0.2) is 0 Å². The molecule has 1 aromatic carbocycles. The van der Waals surface area contributed by atoms with Crippen molar-refractivity contribution < 1.29 is 4.79 Å². The summed E-state index contributed by atoms with van der Waals surface area (Å²) in [6.07, 6.45) is 0. The van der Waals surface area contributed by atoms with E-state index >= 15 is 0 Å². The first kappa shape index (κ1) is 13.7. The molecular formula is C13H16Cl2N2O. The van der Waals surface area contributed by atoms with Crippen LogP contribution in [0.25, 0.3) is 0 Å². The predicted molar refractivity (Wildman–Crippen MR) is 74.4 cm³/mol. The second kappa shape index (κ2) is 5.47. The molecule has 1 aliphatic heterocycles. The van der Waals surface area contributed by atoms with Crippen LogP contribution in [-0.2, 0) is 0 Å². The Bertz CT molecular complexity index is 434. The largest absolute Gasteiger partial charge is 0.335 e. The van der Waals surface area contributed by atoms with Crippen molar-refractivity contribution >= 4 is 29.1 Å². The zero-order valence-electron chi connectivity index (χ0n) is 10.4. The number of nitrogens with one attached hydrogen (secondary N) is 1. The molecule has 1 saturated heterocycles. The zero-order chi connectivity index (χ0) is 13.3. The highest BCUT2D eigenvalue weighted by Gasteiger charge is 2.27. The lowest BCUT2D eigenvalue weighted by Crippen LogP contribution is -2.55. The molecule has 2 unspecified atom stereocenters. The molecule has 1 heterocycles. The van der Waals surface area contributed by atoms with Crippen LogP contribution in [-0.4, -0.2) is 36.0 Å². The average molecular weight is 287 g/mol. The van der Waals surface area contributed by atoms with E-state index in [9.17, 15) is 4.79 Å². The first-order valence-corrected chi connectivity index (χ1v) is 6.74. The van der Waals surface area contributed by atoms with Crippen molar-refractivity contribution in [2.75, 3.05) is 13.1 Å². The van der Waals surface area contributed by atoms with E-state index in [1.165, 1.54) is 0 Å². The minimum absolute atomic E-state index is 0.0919. The summed E-state index contributed by atoms with van der Waals surface area (Å²) < 4.78 is 0. The van der Waals surface area contributed by atoms with Gasteiger partial charge in [0, 0.05) is 25.2 Å². The number of piperazine rings is 1. The van der Waals surface area contributed by atoms with Crippen molar-refractivity contribution in [1.29, 1.82) is 0 Å². The Labute approximate surface area is 117 Å². The smallest absolute Gasteiger partial charge is 0.256 e. The van der Waals surface area contributed by atoms with Crippen LogP contribution < -0.4 is 5.32 Å². The third kappa shape index (κ3) is 2.79. The Kier molecular flexibility index (Phi) is 4.15. The van der Waals surface area contributed by atoms with Gasteiger partial charge in [-0.1, -0.05) is 29.3 Å². The van der Waals surface area contributed by atoms with E-state index in [1.54, 1.807) is 23.1 Å².